The van der Waals surface area contributed by atoms with Gasteiger partial charge >= 0.3 is 5.97 Å². The summed E-state index contributed by atoms with van der Waals surface area (Å²) >= 11 is 0. The summed E-state index contributed by atoms with van der Waals surface area (Å²) < 4.78 is 10.3. The average molecular weight is 371 g/mol. The Morgan fingerprint density at radius 2 is 1.78 bits per heavy atom. The second kappa shape index (κ2) is 9.35. The van der Waals surface area contributed by atoms with Crippen molar-refractivity contribution in [2.45, 2.75) is 12.6 Å². The Morgan fingerprint density at radius 3 is 2.30 bits per heavy atom. The zero-order valence-corrected chi connectivity index (χ0v) is 14.8. The van der Waals surface area contributed by atoms with Gasteiger partial charge in [-0.2, -0.15) is 0 Å². The van der Waals surface area contributed by atoms with Crippen molar-refractivity contribution in [3.05, 3.63) is 65.2 Å². The van der Waals surface area contributed by atoms with E-state index in [9.17, 15) is 9.59 Å². The first-order valence-electron chi connectivity index (χ1n) is 8.09. The van der Waals surface area contributed by atoms with E-state index in [1.54, 1.807) is 48.5 Å². The van der Waals surface area contributed by atoms with Crippen molar-refractivity contribution in [3.8, 4) is 5.75 Å². The van der Waals surface area contributed by atoms with Gasteiger partial charge in [-0.15, -0.1) is 0 Å². The number of carbonyl (C=O) groups is 2. The maximum Gasteiger partial charge on any atom is 0.341 e. The maximum absolute atomic E-state index is 12.4. The van der Waals surface area contributed by atoms with Gasteiger partial charge in [0.15, 0.2) is 12.7 Å². The molecule has 0 aliphatic carbocycles. The quantitative estimate of drug-likeness (QED) is 0.389. The Hall–Kier alpha value is -3.39. The number of nitrogens with one attached hydrogen (secondary N) is 2. The SMILES string of the molecule is COC(C(=O)NCc1ccc(C(=N)N)cc1)c1ccc(OCC(=O)O)cc1. The number of carbonyl (C=O) groups excluding carboxylic acids is 1. The van der Waals surface area contributed by atoms with E-state index >= 15 is 0 Å². The van der Waals surface area contributed by atoms with Gasteiger partial charge in [0, 0.05) is 19.2 Å². The second-order valence-electron chi connectivity index (χ2n) is 5.70. The number of benzene rings is 2. The van der Waals surface area contributed by atoms with Crippen molar-refractivity contribution in [2.24, 2.45) is 5.73 Å². The predicted molar refractivity (Wildman–Crippen MR) is 98.6 cm³/mol. The number of nitrogens with two attached hydrogens (primary N) is 1. The summed E-state index contributed by atoms with van der Waals surface area (Å²) in [5.74, 6) is -1.00. The maximum atomic E-state index is 12.4. The minimum atomic E-state index is -1.07. The number of carboxylic acids is 1. The molecule has 2 rings (SSSR count). The summed E-state index contributed by atoms with van der Waals surface area (Å²) in [4.78, 5) is 22.9. The summed E-state index contributed by atoms with van der Waals surface area (Å²) in [6.07, 6.45) is -0.810. The van der Waals surface area contributed by atoms with E-state index in [1.165, 1.54) is 7.11 Å². The zero-order chi connectivity index (χ0) is 19.8. The minimum absolute atomic E-state index is 0.0131. The van der Waals surface area contributed by atoms with Crippen molar-refractivity contribution in [1.82, 2.24) is 5.32 Å². The van der Waals surface area contributed by atoms with E-state index in [1.807, 2.05) is 0 Å². The largest absolute Gasteiger partial charge is 0.482 e. The molecule has 8 heteroatoms. The van der Waals surface area contributed by atoms with Gasteiger partial charge in [-0.25, -0.2) is 4.79 Å². The number of amidine groups is 1. The molecule has 1 unspecified atom stereocenters. The van der Waals surface area contributed by atoms with E-state index < -0.39 is 18.7 Å². The van der Waals surface area contributed by atoms with Crippen molar-refractivity contribution in [3.63, 3.8) is 0 Å². The molecule has 2 aromatic carbocycles. The van der Waals surface area contributed by atoms with E-state index in [4.69, 9.17) is 25.7 Å². The van der Waals surface area contributed by atoms with E-state index in [0.717, 1.165) is 5.56 Å². The third-order valence-corrected chi connectivity index (χ3v) is 3.75. The molecule has 0 bridgehead atoms. The number of rotatable bonds is 9. The fraction of sp³-hybridized carbons (Fsp3) is 0.211. The van der Waals surface area contributed by atoms with Gasteiger partial charge in [0.1, 0.15) is 11.6 Å². The van der Waals surface area contributed by atoms with Crippen LogP contribution in [0.3, 0.4) is 0 Å². The van der Waals surface area contributed by atoms with Crippen molar-refractivity contribution in [1.29, 1.82) is 5.41 Å². The molecule has 0 spiro atoms. The topological polar surface area (TPSA) is 135 Å². The van der Waals surface area contributed by atoms with Crippen LogP contribution in [0.4, 0.5) is 0 Å². The number of carboxylic acid groups (broad SMARTS) is 1. The second-order valence-corrected chi connectivity index (χ2v) is 5.70. The monoisotopic (exact) mass is 371 g/mol. The van der Waals surface area contributed by atoms with Gasteiger partial charge in [0.05, 0.1) is 0 Å². The highest BCUT2D eigenvalue weighted by molar-refractivity contribution is 5.94. The molecule has 0 aliphatic rings. The molecule has 1 atom stereocenters. The third-order valence-electron chi connectivity index (χ3n) is 3.75. The number of ether oxygens (including phenoxy) is 2. The summed E-state index contributed by atoms with van der Waals surface area (Å²) in [5.41, 5.74) is 7.50. The standard InChI is InChI=1S/C19H21N3O5/c1-26-17(13-6-8-15(9-7-13)27-11-16(23)24)19(25)22-10-12-2-4-14(5-3-12)18(20)21/h2-9,17H,10-11H2,1H3,(H3,20,21)(H,22,25)(H,23,24). The normalized spacial score (nSPS) is 11.4. The van der Waals surface area contributed by atoms with Gasteiger partial charge in [-0.1, -0.05) is 36.4 Å². The number of hydrogen-bond acceptors (Lipinski definition) is 5. The lowest BCUT2D eigenvalue weighted by Crippen LogP contribution is -2.30. The molecule has 0 saturated heterocycles. The van der Waals surface area contributed by atoms with E-state index in [0.29, 0.717) is 23.4 Å². The highest BCUT2D eigenvalue weighted by Gasteiger charge is 2.20. The fourth-order valence-electron chi connectivity index (χ4n) is 2.36. The van der Waals surface area contributed by atoms with Crippen LogP contribution in [-0.2, 0) is 20.9 Å². The van der Waals surface area contributed by atoms with Crippen LogP contribution in [0.1, 0.15) is 22.8 Å². The predicted octanol–water partition coefficient (Wildman–Crippen LogP) is 1.44. The molecule has 0 radical (unpaired) electrons. The highest BCUT2D eigenvalue weighted by atomic mass is 16.5. The number of nitrogen functional groups attached to an aromatic ring is 1. The number of amides is 1. The van der Waals surface area contributed by atoms with Gasteiger partial charge in [0.25, 0.3) is 5.91 Å². The van der Waals surface area contributed by atoms with Crippen LogP contribution >= 0.6 is 0 Å². The Kier molecular flexibility index (Phi) is 6.90. The molecule has 1 amide bonds. The highest BCUT2D eigenvalue weighted by Crippen LogP contribution is 2.21. The van der Waals surface area contributed by atoms with Gasteiger partial charge < -0.3 is 25.6 Å². The van der Waals surface area contributed by atoms with Crippen LogP contribution in [0.2, 0.25) is 0 Å². The molecule has 0 aliphatic heterocycles. The molecule has 8 nitrogen and oxygen atoms in total. The number of aliphatic carboxylic acids is 1. The van der Waals surface area contributed by atoms with Gasteiger partial charge in [-0.3, -0.25) is 10.2 Å². The summed E-state index contributed by atoms with van der Waals surface area (Å²) in [7, 11) is 1.43. The Labute approximate surface area is 156 Å². The van der Waals surface area contributed by atoms with Crippen LogP contribution in [0.15, 0.2) is 48.5 Å². The molecule has 5 N–H and O–H groups in total. The molecule has 0 heterocycles. The van der Waals surface area contributed by atoms with Crippen LogP contribution in [0.5, 0.6) is 5.75 Å². The van der Waals surface area contributed by atoms with Crippen LogP contribution in [0, 0.1) is 5.41 Å². The summed E-state index contributed by atoms with van der Waals surface area (Å²) in [6.45, 7) is -0.132. The van der Waals surface area contributed by atoms with Crippen molar-refractivity contribution < 1.29 is 24.2 Å². The summed E-state index contributed by atoms with van der Waals surface area (Å²) in [6, 6.07) is 13.5. The average Bonchev–Trinajstić information content (AvgIpc) is 2.66. The lowest BCUT2D eigenvalue weighted by atomic mass is 10.1. The van der Waals surface area contributed by atoms with Crippen molar-refractivity contribution >= 4 is 17.7 Å². The first-order chi connectivity index (χ1) is 12.9. The molecule has 2 aromatic rings. The third kappa shape index (κ3) is 5.82. The molecule has 0 aromatic heterocycles. The van der Waals surface area contributed by atoms with E-state index in [-0.39, 0.29) is 11.7 Å². The first-order valence-corrected chi connectivity index (χ1v) is 8.09. The van der Waals surface area contributed by atoms with Gasteiger partial charge in [0.2, 0.25) is 0 Å². The molecule has 0 fully saturated rings. The smallest absolute Gasteiger partial charge is 0.341 e. The molecular formula is C19H21N3O5. The molecular weight excluding hydrogens is 350 g/mol. The molecule has 142 valence electrons. The Balaban J connectivity index is 1.96. The van der Waals surface area contributed by atoms with E-state index in [2.05, 4.69) is 5.32 Å². The lowest BCUT2D eigenvalue weighted by Gasteiger charge is -2.16. The van der Waals surface area contributed by atoms with Crippen LogP contribution < -0.4 is 15.8 Å². The van der Waals surface area contributed by atoms with Crippen LogP contribution in [-0.4, -0.2) is 36.5 Å². The number of methoxy groups -OCH3 is 1. The van der Waals surface area contributed by atoms with Crippen molar-refractivity contribution in [2.75, 3.05) is 13.7 Å². The Bertz CT molecular complexity index is 803. The molecule has 0 saturated carbocycles. The summed E-state index contributed by atoms with van der Waals surface area (Å²) in [5, 5.41) is 18.8. The number of hydrogen-bond donors (Lipinski definition) is 4. The fourth-order valence-corrected chi connectivity index (χ4v) is 2.36. The molecule has 27 heavy (non-hydrogen) atoms. The zero-order valence-electron chi connectivity index (χ0n) is 14.8. The Morgan fingerprint density at radius 1 is 1.15 bits per heavy atom. The first kappa shape index (κ1) is 19.9. The lowest BCUT2D eigenvalue weighted by molar-refractivity contribution is -0.139. The minimum Gasteiger partial charge on any atom is -0.482 e. The van der Waals surface area contributed by atoms with Gasteiger partial charge in [-0.05, 0) is 23.3 Å². The van der Waals surface area contributed by atoms with Crippen LogP contribution in [0.25, 0.3) is 0 Å².